The number of hydrogen-bond acceptors (Lipinski definition) is 3. The number of nitrogens with zero attached hydrogens (tertiary/aromatic N) is 2. The highest BCUT2D eigenvalue weighted by Crippen LogP contribution is 2.38. The number of fused-ring (bicyclic) bond motifs is 1. The maximum Gasteiger partial charge on any atom is 0.0929 e. The van der Waals surface area contributed by atoms with Crippen LogP contribution in [0, 0.1) is 0 Å². The zero-order valence-corrected chi connectivity index (χ0v) is 11.5. The molecular formula is C16H20N2O. The minimum Gasteiger partial charge on any atom is -0.385 e. The van der Waals surface area contributed by atoms with Crippen LogP contribution in [0.1, 0.15) is 25.3 Å². The van der Waals surface area contributed by atoms with E-state index in [1.54, 1.807) is 6.20 Å². The molecule has 1 aliphatic heterocycles. The van der Waals surface area contributed by atoms with Gasteiger partial charge in [-0.2, -0.15) is 0 Å². The molecule has 1 aliphatic rings. The molecule has 0 aliphatic carbocycles. The largest absolute Gasteiger partial charge is 0.385 e. The summed E-state index contributed by atoms with van der Waals surface area (Å²) in [6, 6.07) is 8.52. The van der Waals surface area contributed by atoms with Crippen LogP contribution >= 0.6 is 0 Å². The van der Waals surface area contributed by atoms with Crippen molar-refractivity contribution in [2.75, 3.05) is 13.6 Å². The molecule has 0 spiro atoms. The van der Waals surface area contributed by atoms with E-state index >= 15 is 0 Å². The number of aromatic nitrogens is 1. The lowest BCUT2D eigenvalue weighted by atomic mass is 9.79. The summed E-state index contributed by atoms with van der Waals surface area (Å²) in [5.74, 6) is 0. The molecule has 2 heterocycles. The number of benzene rings is 1. The Morgan fingerprint density at radius 3 is 3.00 bits per heavy atom. The van der Waals surface area contributed by atoms with Gasteiger partial charge in [0.25, 0.3) is 0 Å². The van der Waals surface area contributed by atoms with Crippen LogP contribution in [0.4, 0.5) is 0 Å². The predicted octanol–water partition coefficient (Wildman–Crippen LogP) is 2.54. The van der Waals surface area contributed by atoms with Crippen molar-refractivity contribution in [2.45, 2.75) is 31.4 Å². The van der Waals surface area contributed by atoms with Gasteiger partial charge >= 0.3 is 0 Å². The second-order valence-electron chi connectivity index (χ2n) is 5.72. The SMILES string of the molecule is CC1CC(O)(c2cccc3cnccc23)CCN1C. The highest BCUT2D eigenvalue weighted by atomic mass is 16.3. The lowest BCUT2D eigenvalue weighted by molar-refractivity contribution is -0.0397. The molecule has 2 atom stereocenters. The third-order valence-corrected chi connectivity index (χ3v) is 4.45. The maximum atomic E-state index is 11.1. The molecule has 0 saturated carbocycles. The predicted molar refractivity (Wildman–Crippen MR) is 77.0 cm³/mol. The summed E-state index contributed by atoms with van der Waals surface area (Å²) in [6.45, 7) is 3.11. The molecular weight excluding hydrogens is 236 g/mol. The molecule has 1 aromatic heterocycles. The second-order valence-corrected chi connectivity index (χ2v) is 5.72. The van der Waals surface area contributed by atoms with E-state index in [9.17, 15) is 5.11 Å². The quantitative estimate of drug-likeness (QED) is 0.852. The highest BCUT2D eigenvalue weighted by molar-refractivity contribution is 5.85. The molecule has 1 N–H and O–H groups in total. The van der Waals surface area contributed by atoms with E-state index in [-0.39, 0.29) is 0 Å². The highest BCUT2D eigenvalue weighted by Gasteiger charge is 2.37. The molecule has 0 radical (unpaired) electrons. The molecule has 1 saturated heterocycles. The molecule has 3 rings (SSSR count). The minimum absolute atomic E-state index is 0.399. The maximum absolute atomic E-state index is 11.1. The van der Waals surface area contributed by atoms with Gasteiger partial charge in [-0.15, -0.1) is 0 Å². The fourth-order valence-electron chi connectivity index (χ4n) is 3.10. The van der Waals surface area contributed by atoms with Crippen molar-refractivity contribution in [1.29, 1.82) is 0 Å². The van der Waals surface area contributed by atoms with E-state index in [0.29, 0.717) is 6.04 Å². The van der Waals surface area contributed by atoms with Gasteiger partial charge in [0.1, 0.15) is 0 Å². The van der Waals surface area contributed by atoms with Gasteiger partial charge in [-0.25, -0.2) is 0 Å². The monoisotopic (exact) mass is 256 g/mol. The summed E-state index contributed by atoms with van der Waals surface area (Å²) in [6.07, 6.45) is 5.23. The first-order valence-electron chi connectivity index (χ1n) is 6.86. The van der Waals surface area contributed by atoms with Crippen molar-refractivity contribution < 1.29 is 5.11 Å². The van der Waals surface area contributed by atoms with Crippen molar-refractivity contribution in [1.82, 2.24) is 9.88 Å². The summed E-state index contributed by atoms with van der Waals surface area (Å²) in [7, 11) is 2.12. The van der Waals surface area contributed by atoms with Crippen molar-refractivity contribution in [3.05, 3.63) is 42.2 Å². The Bertz CT molecular complexity index is 593. The number of likely N-dealkylation sites (tertiary alicyclic amines) is 1. The van der Waals surface area contributed by atoms with Crippen LogP contribution in [0.2, 0.25) is 0 Å². The summed E-state index contributed by atoms with van der Waals surface area (Å²) in [5.41, 5.74) is 0.333. The van der Waals surface area contributed by atoms with Gasteiger partial charge in [-0.1, -0.05) is 18.2 Å². The Balaban J connectivity index is 2.09. The van der Waals surface area contributed by atoms with Crippen molar-refractivity contribution in [3.63, 3.8) is 0 Å². The number of piperidine rings is 1. The summed E-state index contributed by atoms with van der Waals surface area (Å²) in [5, 5.41) is 13.3. The molecule has 2 aromatic rings. The van der Waals surface area contributed by atoms with Gasteiger partial charge in [0.15, 0.2) is 0 Å². The zero-order chi connectivity index (χ0) is 13.5. The minimum atomic E-state index is -0.715. The molecule has 0 amide bonds. The van der Waals surface area contributed by atoms with Gasteiger partial charge < -0.3 is 10.0 Å². The van der Waals surface area contributed by atoms with Crippen LogP contribution in [0.25, 0.3) is 10.8 Å². The number of pyridine rings is 1. The topological polar surface area (TPSA) is 36.4 Å². The Labute approximate surface area is 113 Å². The molecule has 1 fully saturated rings. The van der Waals surface area contributed by atoms with Crippen molar-refractivity contribution in [2.24, 2.45) is 0 Å². The van der Waals surface area contributed by atoms with Crippen molar-refractivity contribution in [3.8, 4) is 0 Å². The van der Waals surface area contributed by atoms with Crippen LogP contribution in [-0.2, 0) is 5.60 Å². The van der Waals surface area contributed by atoms with E-state index in [0.717, 1.165) is 35.7 Å². The lowest BCUT2D eigenvalue weighted by Crippen LogP contribution is -2.46. The van der Waals surface area contributed by atoms with Crippen LogP contribution in [0.5, 0.6) is 0 Å². The third kappa shape index (κ3) is 2.13. The number of hydrogen-bond donors (Lipinski definition) is 1. The summed E-state index contributed by atoms with van der Waals surface area (Å²) < 4.78 is 0. The van der Waals surface area contributed by atoms with E-state index in [2.05, 4.69) is 29.9 Å². The Hall–Kier alpha value is -1.45. The van der Waals surface area contributed by atoms with Gasteiger partial charge in [-0.3, -0.25) is 4.98 Å². The smallest absolute Gasteiger partial charge is 0.0929 e. The first-order valence-corrected chi connectivity index (χ1v) is 6.86. The molecule has 3 heteroatoms. The Morgan fingerprint density at radius 2 is 2.21 bits per heavy atom. The molecule has 0 bridgehead atoms. The van der Waals surface area contributed by atoms with E-state index < -0.39 is 5.60 Å². The normalized spacial score (nSPS) is 28.7. The van der Waals surface area contributed by atoms with Gasteiger partial charge in [-0.05, 0) is 43.8 Å². The zero-order valence-electron chi connectivity index (χ0n) is 11.5. The fourth-order valence-corrected chi connectivity index (χ4v) is 3.10. The number of rotatable bonds is 1. The molecule has 19 heavy (non-hydrogen) atoms. The molecule has 1 aromatic carbocycles. The van der Waals surface area contributed by atoms with Crippen LogP contribution in [0.3, 0.4) is 0 Å². The molecule has 2 unspecified atom stereocenters. The van der Waals surface area contributed by atoms with Gasteiger partial charge in [0.05, 0.1) is 5.60 Å². The fraction of sp³-hybridized carbons (Fsp3) is 0.438. The Kier molecular flexibility index (Phi) is 3.03. The molecule has 100 valence electrons. The van der Waals surface area contributed by atoms with E-state index in [4.69, 9.17) is 0 Å². The summed E-state index contributed by atoms with van der Waals surface area (Å²) in [4.78, 5) is 6.47. The lowest BCUT2D eigenvalue weighted by Gasteiger charge is -2.41. The second kappa shape index (κ2) is 4.58. The first-order chi connectivity index (χ1) is 9.10. The van der Waals surface area contributed by atoms with Gasteiger partial charge in [0.2, 0.25) is 0 Å². The van der Waals surface area contributed by atoms with Crippen LogP contribution in [0.15, 0.2) is 36.7 Å². The van der Waals surface area contributed by atoms with Crippen LogP contribution < -0.4 is 0 Å². The molecule has 3 nitrogen and oxygen atoms in total. The standard InChI is InChI=1S/C16H20N2O/c1-12-10-16(19,7-9-18(12)2)15-5-3-4-13-11-17-8-6-14(13)15/h3-6,8,11-12,19H,7,9-10H2,1-2H3. The van der Waals surface area contributed by atoms with E-state index in [1.807, 2.05) is 24.4 Å². The number of aliphatic hydroxyl groups is 1. The Morgan fingerprint density at radius 1 is 1.37 bits per heavy atom. The third-order valence-electron chi connectivity index (χ3n) is 4.45. The average Bonchev–Trinajstić information content (AvgIpc) is 2.43. The first kappa shape index (κ1) is 12.6. The average molecular weight is 256 g/mol. The van der Waals surface area contributed by atoms with Gasteiger partial charge in [0, 0.05) is 30.4 Å². The summed E-state index contributed by atoms with van der Waals surface area (Å²) >= 11 is 0. The van der Waals surface area contributed by atoms with Crippen LogP contribution in [-0.4, -0.2) is 34.6 Å². The van der Waals surface area contributed by atoms with Crippen molar-refractivity contribution >= 4 is 10.8 Å². The van der Waals surface area contributed by atoms with E-state index in [1.165, 1.54) is 0 Å².